The number of alkyl halides is 3. The number of halogens is 3. The van der Waals surface area contributed by atoms with Crippen molar-refractivity contribution in [3.63, 3.8) is 0 Å². The Balaban J connectivity index is 1.77. The molecule has 0 radical (unpaired) electrons. The molecule has 0 aliphatic carbocycles. The molecular formula is C16H22F3N3O2S. The summed E-state index contributed by atoms with van der Waals surface area (Å²) in [5.41, 5.74) is 5.47. The topological polar surface area (TPSA) is 61.4 Å². The first kappa shape index (κ1) is 18.6. The Morgan fingerprint density at radius 1 is 1.20 bits per heavy atom. The van der Waals surface area contributed by atoms with Gasteiger partial charge in [0.05, 0.1) is 10.5 Å². The number of hydrogen-bond acceptors (Lipinski definition) is 4. The van der Waals surface area contributed by atoms with Gasteiger partial charge in [-0.3, -0.25) is 10.9 Å². The predicted octanol–water partition coefficient (Wildman–Crippen LogP) is 2.22. The van der Waals surface area contributed by atoms with Crippen molar-refractivity contribution in [3.05, 3.63) is 29.8 Å². The van der Waals surface area contributed by atoms with E-state index < -0.39 is 21.8 Å². The zero-order valence-electron chi connectivity index (χ0n) is 13.9. The van der Waals surface area contributed by atoms with Gasteiger partial charge in [-0.25, -0.2) is 8.42 Å². The second-order valence-corrected chi connectivity index (χ2v) is 8.75. The molecule has 25 heavy (non-hydrogen) atoms. The lowest BCUT2D eigenvalue weighted by molar-refractivity contribution is -0.137. The second kappa shape index (κ2) is 6.86. The highest BCUT2D eigenvalue weighted by Crippen LogP contribution is 2.32. The first-order valence-electron chi connectivity index (χ1n) is 8.35. The Kier molecular flexibility index (Phi) is 5.11. The monoisotopic (exact) mass is 377 g/mol. The number of hydrazine groups is 1. The van der Waals surface area contributed by atoms with Gasteiger partial charge in [-0.15, -0.1) is 0 Å². The van der Waals surface area contributed by atoms with Crippen LogP contribution >= 0.6 is 0 Å². The van der Waals surface area contributed by atoms with Gasteiger partial charge in [-0.1, -0.05) is 6.92 Å². The van der Waals surface area contributed by atoms with Crippen LogP contribution in [-0.2, 0) is 16.2 Å². The van der Waals surface area contributed by atoms with E-state index in [1.54, 1.807) is 0 Å². The summed E-state index contributed by atoms with van der Waals surface area (Å²) in [7, 11) is -3.79. The molecule has 0 spiro atoms. The van der Waals surface area contributed by atoms with Crippen LogP contribution in [0, 0.1) is 11.8 Å². The smallest absolute Gasteiger partial charge is 0.257 e. The van der Waals surface area contributed by atoms with Crippen LogP contribution < -0.4 is 10.9 Å². The van der Waals surface area contributed by atoms with Crippen LogP contribution in [0.1, 0.15) is 25.3 Å². The second-order valence-electron chi connectivity index (χ2n) is 6.82. The van der Waals surface area contributed by atoms with E-state index in [2.05, 4.69) is 17.8 Å². The largest absolute Gasteiger partial charge is 0.416 e. The number of hydrogen-bond donors (Lipinski definition) is 2. The molecule has 3 unspecified atom stereocenters. The lowest BCUT2D eigenvalue weighted by Gasteiger charge is -2.36. The predicted molar refractivity (Wildman–Crippen MR) is 87.0 cm³/mol. The third-order valence-corrected chi connectivity index (χ3v) is 6.93. The van der Waals surface area contributed by atoms with Crippen molar-refractivity contribution < 1.29 is 21.6 Å². The summed E-state index contributed by atoms with van der Waals surface area (Å²) in [6, 6.07) is 3.92. The Hall–Kier alpha value is -1.16. The standard InChI is InChI=1S/C16H22F3N3O2S/c1-11-9-20-21-15(11)12-3-2-8-22(10-12)25(23,24)14-6-4-13(5-7-14)16(17,18)19/h4-7,11-12,15,20-21H,2-3,8-10H2,1H3. The minimum Gasteiger partial charge on any atom is -0.257 e. The molecule has 2 aliphatic heterocycles. The Morgan fingerprint density at radius 2 is 1.88 bits per heavy atom. The van der Waals surface area contributed by atoms with E-state index in [4.69, 9.17) is 0 Å². The van der Waals surface area contributed by atoms with Gasteiger partial charge in [0.15, 0.2) is 0 Å². The highest BCUT2D eigenvalue weighted by Gasteiger charge is 2.38. The molecule has 0 amide bonds. The number of benzene rings is 1. The van der Waals surface area contributed by atoms with Crippen LogP contribution in [0.2, 0.25) is 0 Å². The highest BCUT2D eigenvalue weighted by atomic mass is 32.2. The maximum atomic E-state index is 12.8. The van der Waals surface area contributed by atoms with E-state index in [1.807, 2.05) is 0 Å². The van der Waals surface area contributed by atoms with Crippen molar-refractivity contribution >= 4 is 10.0 Å². The van der Waals surface area contributed by atoms with E-state index in [-0.39, 0.29) is 16.9 Å². The van der Waals surface area contributed by atoms with Crippen LogP contribution in [0.3, 0.4) is 0 Å². The molecule has 1 aromatic rings. The summed E-state index contributed by atoms with van der Waals surface area (Å²) in [5, 5.41) is 0. The normalized spacial score (nSPS) is 29.0. The molecule has 140 valence electrons. The molecule has 0 bridgehead atoms. The van der Waals surface area contributed by atoms with Crippen LogP contribution in [0.15, 0.2) is 29.2 Å². The number of rotatable bonds is 3. The molecule has 2 N–H and O–H groups in total. The molecule has 0 aromatic heterocycles. The lowest BCUT2D eigenvalue weighted by atomic mass is 9.86. The van der Waals surface area contributed by atoms with Crippen molar-refractivity contribution in [1.29, 1.82) is 0 Å². The Bertz CT molecular complexity index is 706. The van der Waals surface area contributed by atoms with Crippen molar-refractivity contribution in [3.8, 4) is 0 Å². The molecule has 9 heteroatoms. The molecule has 3 rings (SSSR count). The van der Waals surface area contributed by atoms with Crippen molar-refractivity contribution in [1.82, 2.24) is 15.2 Å². The fourth-order valence-electron chi connectivity index (χ4n) is 3.64. The quantitative estimate of drug-likeness (QED) is 0.848. The van der Waals surface area contributed by atoms with Gasteiger partial charge in [0.1, 0.15) is 0 Å². The summed E-state index contributed by atoms with van der Waals surface area (Å²) in [6.07, 6.45) is -2.80. The van der Waals surface area contributed by atoms with Crippen LogP contribution in [0.5, 0.6) is 0 Å². The fourth-order valence-corrected chi connectivity index (χ4v) is 5.18. The molecule has 2 saturated heterocycles. The van der Waals surface area contributed by atoms with Gasteiger partial charge < -0.3 is 0 Å². The van der Waals surface area contributed by atoms with Gasteiger partial charge >= 0.3 is 6.18 Å². The number of sulfonamides is 1. The lowest BCUT2D eigenvalue weighted by Crippen LogP contribution is -2.48. The van der Waals surface area contributed by atoms with Gasteiger partial charge in [-0.2, -0.15) is 17.5 Å². The molecule has 1 aromatic carbocycles. The fraction of sp³-hybridized carbons (Fsp3) is 0.625. The number of nitrogens with zero attached hydrogens (tertiary/aromatic N) is 1. The van der Waals surface area contributed by atoms with Crippen molar-refractivity contribution in [2.75, 3.05) is 19.6 Å². The van der Waals surface area contributed by atoms with Gasteiger partial charge in [0.25, 0.3) is 0 Å². The summed E-state index contributed by atoms with van der Waals surface area (Å²) in [4.78, 5) is -0.0910. The first-order chi connectivity index (χ1) is 11.7. The maximum Gasteiger partial charge on any atom is 0.416 e. The minimum absolute atomic E-state index is 0.0910. The number of piperidine rings is 1. The summed E-state index contributed by atoms with van der Waals surface area (Å²) in [5.74, 6) is 0.585. The zero-order valence-corrected chi connectivity index (χ0v) is 14.7. The average Bonchev–Trinajstić information content (AvgIpc) is 3.00. The Morgan fingerprint density at radius 3 is 2.44 bits per heavy atom. The molecule has 3 atom stereocenters. The summed E-state index contributed by atoms with van der Waals surface area (Å²) < 4.78 is 65.0. The highest BCUT2D eigenvalue weighted by molar-refractivity contribution is 7.89. The van der Waals surface area contributed by atoms with E-state index in [1.165, 1.54) is 4.31 Å². The van der Waals surface area contributed by atoms with E-state index in [0.29, 0.717) is 19.0 Å². The van der Waals surface area contributed by atoms with Gasteiger partial charge in [0, 0.05) is 25.7 Å². The zero-order chi connectivity index (χ0) is 18.2. The van der Waals surface area contributed by atoms with E-state index in [9.17, 15) is 21.6 Å². The first-order valence-corrected chi connectivity index (χ1v) is 9.79. The third-order valence-electron chi connectivity index (χ3n) is 5.05. The van der Waals surface area contributed by atoms with Crippen LogP contribution in [0.4, 0.5) is 13.2 Å². The third kappa shape index (κ3) is 3.84. The van der Waals surface area contributed by atoms with Crippen LogP contribution in [-0.4, -0.2) is 38.4 Å². The average molecular weight is 377 g/mol. The number of nitrogens with one attached hydrogen (secondary N) is 2. The SMILES string of the molecule is CC1CNNC1C1CCCN(S(=O)(=O)c2ccc(C(F)(F)F)cc2)C1. The van der Waals surface area contributed by atoms with E-state index >= 15 is 0 Å². The molecule has 0 saturated carbocycles. The summed E-state index contributed by atoms with van der Waals surface area (Å²) in [6.45, 7) is 3.73. The molecule has 2 fully saturated rings. The molecular weight excluding hydrogens is 355 g/mol. The van der Waals surface area contributed by atoms with Crippen LogP contribution in [0.25, 0.3) is 0 Å². The van der Waals surface area contributed by atoms with Crippen molar-refractivity contribution in [2.45, 2.75) is 36.9 Å². The van der Waals surface area contributed by atoms with Crippen molar-refractivity contribution in [2.24, 2.45) is 11.8 Å². The minimum atomic E-state index is -4.48. The maximum absolute atomic E-state index is 12.8. The summed E-state index contributed by atoms with van der Waals surface area (Å²) >= 11 is 0. The molecule has 2 heterocycles. The Labute approximate surface area is 145 Å². The van der Waals surface area contributed by atoms with E-state index in [0.717, 1.165) is 43.7 Å². The van der Waals surface area contributed by atoms with Gasteiger partial charge in [0.2, 0.25) is 10.0 Å². The molecule has 5 nitrogen and oxygen atoms in total. The van der Waals surface area contributed by atoms with Gasteiger partial charge in [-0.05, 0) is 48.9 Å². The molecule has 2 aliphatic rings.